The molecule has 1 aliphatic rings. The van der Waals surface area contributed by atoms with Crippen molar-refractivity contribution in [3.63, 3.8) is 0 Å². The van der Waals surface area contributed by atoms with Gasteiger partial charge >= 0.3 is 6.03 Å². The van der Waals surface area contributed by atoms with Crippen molar-refractivity contribution in [2.45, 2.75) is 40.0 Å². The first-order chi connectivity index (χ1) is 15.5. The minimum absolute atomic E-state index is 0.267. The zero-order chi connectivity index (χ0) is 22.5. The fourth-order valence-corrected chi connectivity index (χ4v) is 3.81. The van der Waals surface area contributed by atoms with Crippen LogP contribution in [0.2, 0.25) is 0 Å². The summed E-state index contributed by atoms with van der Waals surface area (Å²) in [4.78, 5) is 24.0. The third-order valence-electron chi connectivity index (χ3n) is 5.75. The van der Waals surface area contributed by atoms with Crippen LogP contribution in [0.1, 0.15) is 36.1 Å². The van der Waals surface area contributed by atoms with E-state index in [2.05, 4.69) is 25.8 Å². The number of aromatic nitrogens is 2. The van der Waals surface area contributed by atoms with E-state index in [-0.39, 0.29) is 6.03 Å². The summed E-state index contributed by atoms with van der Waals surface area (Å²) in [5.74, 6) is 1.56. The predicted octanol–water partition coefficient (Wildman–Crippen LogP) is 5.78. The lowest BCUT2D eigenvalue weighted by Gasteiger charge is -2.27. The molecule has 0 saturated carbocycles. The maximum Gasteiger partial charge on any atom is 0.323 e. The summed E-state index contributed by atoms with van der Waals surface area (Å²) >= 11 is 0. The zero-order valence-electron chi connectivity index (χ0n) is 18.9. The third-order valence-corrected chi connectivity index (χ3v) is 5.75. The molecule has 7 heteroatoms. The highest BCUT2D eigenvalue weighted by Crippen LogP contribution is 2.23. The second-order valence-electron chi connectivity index (χ2n) is 8.27. The maximum absolute atomic E-state index is 12.4. The second-order valence-corrected chi connectivity index (χ2v) is 8.27. The molecule has 1 fully saturated rings. The first-order valence-electron chi connectivity index (χ1n) is 11.1. The minimum atomic E-state index is -0.267. The number of amides is 2. The quantitative estimate of drug-likeness (QED) is 0.478. The molecule has 3 N–H and O–H groups in total. The molecule has 2 amide bonds. The van der Waals surface area contributed by atoms with Gasteiger partial charge in [-0.2, -0.15) is 4.98 Å². The number of rotatable bonds is 5. The summed E-state index contributed by atoms with van der Waals surface area (Å²) in [5.41, 5.74) is 5.56. The van der Waals surface area contributed by atoms with Crippen molar-refractivity contribution < 1.29 is 4.79 Å². The molecule has 0 aliphatic carbocycles. The Morgan fingerprint density at radius 2 is 1.59 bits per heavy atom. The van der Waals surface area contributed by atoms with Crippen molar-refractivity contribution in [1.29, 1.82) is 0 Å². The molecule has 0 bridgehead atoms. The normalized spacial score (nSPS) is 13.5. The molecule has 1 aromatic heterocycles. The number of carbonyl (C=O) groups excluding carboxylic acids is 1. The number of hydrogen-bond acceptors (Lipinski definition) is 5. The van der Waals surface area contributed by atoms with Crippen LogP contribution in [0.5, 0.6) is 0 Å². The summed E-state index contributed by atoms with van der Waals surface area (Å²) in [6.45, 7) is 8.03. The van der Waals surface area contributed by atoms with Gasteiger partial charge in [0.25, 0.3) is 0 Å². The molecule has 7 nitrogen and oxygen atoms in total. The van der Waals surface area contributed by atoms with Crippen molar-refractivity contribution in [3.05, 3.63) is 65.4 Å². The monoisotopic (exact) mass is 430 g/mol. The molecule has 32 heavy (non-hydrogen) atoms. The van der Waals surface area contributed by atoms with Gasteiger partial charge in [-0.3, -0.25) is 0 Å². The highest BCUT2D eigenvalue weighted by Gasteiger charge is 2.15. The van der Waals surface area contributed by atoms with E-state index in [1.54, 1.807) is 0 Å². The van der Waals surface area contributed by atoms with Crippen LogP contribution in [0.3, 0.4) is 0 Å². The smallest absolute Gasteiger partial charge is 0.323 e. The Bertz CT molecular complexity index is 1090. The SMILES string of the molecule is Cc1cc(Nc2ccc(NC(=O)Nc3cccc(C)c3C)cc2)nc(N2CCCCC2)n1. The number of piperidine rings is 1. The van der Waals surface area contributed by atoms with Crippen LogP contribution in [0.25, 0.3) is 0 Å². The van der Waals surface area contributed by atoms with Gasteiger partial charge in [-0.15, -0.1) is 0 Å². The van der Waals surface area contributed by atoms with Crippen LogP contribution >= 0.6 is 0 Å². The number of nitrogens with one attached hydrogen (secondary N) is 3. The van der Waals surface area contributed by atoms with E-state index in [9.17, 15) is 4.79 Å². The van der Waals surface area contributed by atoms with E-state index in [1.165, 1.54) is 19.3 Å². The molecule has 1 saturated heterocycles. The number of nitrogens with zero attached hydrogens (tertiary/aromatic N) is 3. The number of aryl methyl sites for hydroxylation is 2. The van der Waals surface area contributed by atoms with Gasteiger partial charge in [-0.1, -0.05) is 12.1 Å². The van der Waals surface area contributed by atoms with E-state index >= 15 is 0 Å². The van der Waals surface area contributed by atoms with Crippen LogP contribution in [0, 0.1) is 20.8 Å². The molecular weight excluding hydrogens is 400 g/mol. The topological polar surface area (TPSA) is 82.2 Å². The van der Waals surface area contributed by atoms with Gasteiger partial charge in [0.2, 0.25) is 5.95 Å². The fourth-order valence-electron chi connectivity index (χ4n) is 3.81. The molecule has 2 heterocycles. The number of carbonyl (C=O) groups is 1. The first-order valence-corrected chi connectivity index (χ1v) is 11.1. The Morgan fingerprint density at radius 1 is 0.875 bits per heavy atom. The van der Waals surface area contributed by atoms with Crippen LogP contribution in [-0.2, 0) is 0 Å². The van der Waals surface area contributed by atoms with Crippen LogP contribution in [0.4, 0.5) is 33.6 Å². The number of benzene rings is 2. The van der Waals surface area contributed by atoms with Gasteiger partial charge in [0.1, 0.15) is 5.82 Å². The minimum Gasteiger partial charge on any atom is -0.341 e. The van der Waals surface area contributed by atoms with E-state index in [1.807, 2.05) is 69.3 Å². The van der Waals surface area contributed by atoms with Gasteiger partial charge in [0.05, 0.1) is 0 Å². The molecule has 0 atom stereocenters. The van der Waals surface area contributed by atoms with Crippen LogP contribution < -0.4 is 20.9 Å². The lowest BCUT2D eigenvalue weighted by molar-refractivity contribution is 0.262. The molecule has 0 unspecified atom stereocenters. The van der Waals surface area contributed by atoms with Gasteiger partial charge < -0.3 is 20.9 Å². The lowest BCUT2D eigenvalue weighted by atomic mass is 10.1. The van der Waals surface area contributed by atoms with Gasteiger partial charge in [-0.05, 0) is 81.5 Å². The van der Waals surface area contributed by atoms with Crippen molar-refractivity contribution in [2.75, 3.05) is 33.9 Å². The van der Waals surface area contributed by atoms with Gasteiger partial charge in [0, 0.05) is 41.9 Å². The van der Waals surface area contributed by atoms with Crippen molar-refractivity contribution >= 4 is 34.9 Å². The second kappa shape index (κ2) is 9.68. The van der Waals surface area contributed by atoms with Gasteiger partial charge in [-0.25, -0.2) is 9.78 Å². The Hall–Kier alpha value is -3.61. The summed E-state index contributed by atoms with van der Waals surface area (Å²) in [6.07, 6.45) is 3.65. The number of anilines is 5. The Kier molecular flexibility index (Phi) is 6.54. The number of urea groups is 1. The Balaban J connectivity index is 1.39. The molecule has 0 radical (unpaired) electrons. The molecule has 3 aromatic rings. The van der Waals surface area contributed by atoms with Crippen molar-refractivity contribution in [2.24, 2.45) is 0 Å². The predicted molar refractivity (Wildman–Crippen MR) is 131 cm³/mol. The average molecular weight is 431 g/mol. The lowest BCUT2D eigenvalue weighted by Crippen LogP contribution is -2.31. The number of hydrogen-bond donors (Lipinski definition) is 3. The Morgan fingerprint density at radius 3 is 2.34 bits per heavy atom. The molecule has 1 aliphatic heterocycles. The average Bonchev–Trinajstić information content (AvgIpc) is 2.78. The van der Waals surface area contributed by atoms with E-state index in [4.69, 9.17) is 4.98 Å². The first kappa shape index (κ1) is 21.6. The molecular formula is C25H30N6O. The van der Waals surface area contributed by atoms with Crippen molar-refractivity contribution in [3.8, 4) is 0 Å². The molecule has 2 aromatic carbocycles. The van der Waals surface area contributed by atoms with Crippen LogP contribution in [-0.4, -0.2) is 29.1 Å². The highest BCUT2D eigenvalue weighted by molar-refractivity contribution is 6.00. The van der Waals surface area contributed by atoms with Gasteiger partial charge in [0.15, 0.2) is 0 Å². The van der Waals surface area contributed by atoms with Crippen molar-refractivity contribution in [1.82, 2.24) is 9.97 Å². The van der Waals surface area contributed by atoms with E-state index < -0.39 is 0 Å². The summed E-state index contributed by atoms with van der Waals surface area (Å²) in [7, 11) is 0. The third kappa shape index (κ3) is 5.35. The van der Waals surface area contributed by atoms with E-state index in [0.29, 0.717) is 5.69 Å². The Labute approximate surface area is 189 Å². The largest absolute Gasteiger partial charge is 0.341 e. The maximum atomic E-state index is 12.4. The van der Waals surface area contributed by atoms with E-state index in [0.717, 1.165) is 53.1 Å². The molecule has 0 spiro atoms. The highest BCUT2D eigenvalue weighted by atomic mass is 16.2. The fraction of sp³-hybridized carbons (Fsp3) is 0.320. The summed E-state index contributed by atoms with van der Waals surface area (Å²) in [5, 5.41) is 9.14. The molecule has 166 valence electrons. The zero-order valence-corrected chi connectivity index (χ0v) is 18.9. The molecule has 4 rings (SSSR count). The van der Waals surface area contributed by atoms with Crippen LogP contribution in [0.15, 0.2) is 48.5 Å². The summed E-state index contributed by atoms with van der Waals surface area (Å²) in [6, 6.07) is 15.1. The summed E-state index contributed by atoms with van der Waals surface area (Å²) < 4.78 is 0. The standard InChI is InChI=1S/C25H30N6O/c1-17-8-7-9-22(19(17)3)29-25(32)28-21-12-10-20(11-13-21)27-23-16-18(2)26-24(30-23)31-14-5-4-6-15-31/h7-13,16H,4-6,14-15H2,1-3H3,(H,26,27,30)(H2,28,29,32).